The van der Waals surface area contributed by atoms with E-state index in [1.807, 2.05) is 0 Å². The van der Waals surface area contributed by atoms with Gasteiger partial charge in [-0.05, 0) is 41.7 Å². The Bertz CT molecular complexity index is 565. The van der Waals surface area contributed by atoms with Gasteiger partial charge in [-0.25, -0.2) is 0 Å². The quantitative estimate of drug-likeness (QED) is 0.871. The monoisotopic (exact) mass is 253 g/mol. The van der Waals surface area contributed by atoms with Crippen LogP contribution >= 0.6 is 0 Å². The minimum atomic E-state index is 0.0434. The van der Waals surface area contributed by atoms with Crippen molar-refractivity contribution in [3.8, 4) is 11.1 Å². The number of nitrogens with two attached hydrogens (primary N) is 1. The molecule has 2 aromatic rings. The second-order valence-electron chi connectivity index (χ2n) is 5.96. The molecule has 2 N–H and O–H groups in total. The summed E-state index contributed by atoms with van der Waals surface area (Å²) in [4.78, 5) is 0. The summed E-state index contributed by atoms with van der Waals surface area (Å²) in [5, 5.41) is 0. The number of hydrogen-bond acceptors (Lipinski definition) is 1. The van der Waals surface area contributed by atoms with Gasteiger partial charge >= 0.3 is 0 Å². The SMILES string of the molecule is Cc1ccc(-c2ccc(C(C)(C)CN)cc2)cc1C. The van der Waals surface area contributed by atoms with E-state index in [1.54, 1.807) is 0 Å². The molecule has 0 aliphatic rings. The summed E-state index contributed by atoms with van der Waals surface area (Å²) in [6, 6.07) is 15.4. The largest absolute Gasteiger partial charge is 0.330 e. The van der Waals surface area contributed by atoms with Crippen LogP contribution in [0.1, 0.15) is 30.5 Å². The molecule has 0 atom stereocenters. The molecule has 0 heterocycles. The normalized spacial score (nSPS) is 11.6. The van der Waals surface area contributed by atoms with E-state index in [2.05, 4.69) is 70.2 Å². The van der Waals surface area contributed by atoms with Gasteiger partial charge in [0.2, 0.25) is 0 Å². The van der Waals surface area contributed by atoms with E-state index in [9.17, 15) is 0 Å². The molecule has 2 aromatic carbocycles. The summed E-state index contributed by atoms with van der Waals surface area (Å²) in [5.74, 6) is 0. The lowest BCUT2D eigenvalue weighted by atomic mass is 9.84. The first kappa shape index (κ1) is 13.8. The molecule has 19 heavy (non-hydrogen) atoms. The van der Waals surface area contributed by atoms with E-state index in [0.717, 1.165) is 0 Å². The lowest BCUT2D eigenvalue weighted by molar-refractivity contribution is 0.539. The highest BCUT2D eigenvalue weighted by molar-refractivity contribution is 5.65. The Morgan fingerprint density at radius 1 is 0.842 bits per heavy atom. The maximum Gasteiger partial charge on any atom is 0.00190 e. The van der Waals surface area contributed by atoms with Gasteiger partial charge in [0.15, 0.2) is 0 Å². The average molecular weight is 253 g/mol. The van der Waals surface area contributed by atoms with Crippen molar-refractivity contribution in [2.75, 3.05) is 6.54 Å². The van der Waals surface area contributed by atoms with Crippen LogP contribution in [0.3, 0.4) is 0 Å². The fourth-order valence-corrected chi connectivity index (χ4v) is 2.15. The minimum absolute atomic E-state index is 0.0434. The van der Waals surface area contributed by atoms with Crippen molar-refractivity contribution >= 4 is 0 Å². The molecule has 100 valence electrons. The van der Waals surface area contributed by atoms with Crippen LogP contribution < -0.4 is 5.73 Å². The molecule has 0 fully saturated rings. The van der Waals surface area contributed by atoms with Crippen molar-refractivity contribution in [3.05, 3.63) is 59.2 Å². The van der Waals surface area contributed by atoms with Crippen LogP contribution in [0, 0.1) is 13.8 Å². The Morgan fingerprint density at radius 3 is 1.95 bits per heavy atom. The van der Waals surface area contributed by atoms with Gasteiger partial charge in [-0.3, -0.25) is 0 Å². The van der Waals surface area contributed by atoms with Crippen molar-refractivity contribution in [2.45, 2.75) is 33.1 Å². The third-order valence-electron chi connectivity index (χ3n) is 4.02. The van der Waals surface area contributed by atoms with Crippen molar-refractivity contribution in [1.29, 1.82) is 0 Å². The van der Waals surface area contributed by atoms with Gasteiger partial charge in [0.25, 0.3) is 0 Å². The molecule has 0 spiro atoms. The Hall–Kier alpha value is -1.60. The van der Waals surface area contributed by atoms with Crippen LogP contribution in [0.2, 0.25) is 0 Å². The molecule has 0 aliphatic heterocycles. The lowest BCUT2D eigenvalue weighted by Crippen LogP contribution is -2.27. The average Bonchev–Trinajstić information content (AvgIpc) is 2.42. The van der Waals surface area contributed by atoms with Gasteiger partial charge in [-0.15, -0.1) is 0 Å². The first-order valence-electron chi connectivity index (χ1n) is 6.82. The van der Waals surface area contributed by atoms with E-state index >= 15 is 0 Å². The standard InChI is InChI=1S/C18H23N/c1-13-5-6-16(11-14(13)2)15-7-9-17(10-8-15)18(3,4)12-19/h5-11H,12,19H2,1-4H3. The molecule has 0 saturated heterocycles. The van der Waals surface area contributed by atoms with E-state index in [1.165, 1.54) is 27.8 Å². The zero-order valence-electron chi connectivity index (χ0n) is 12.3. The van der Waals surface area contributed by atoms with Crippen molar-refractivity contribution in [3.63, 3.8) is 0 Å². The first-order valence-corrected chi connectivity index (χ1v) is 6.82. The summed E-state index contributed by atoms with van der Waals surface area (Å²) in [6.45, 7) is 9.32. The number of aryl methyl sites for hydroxylation is 2. The van der Waals surface area contributed by atoms with Crippen LogP contribution in [-0.4, -0.2) is 6.54 Å². The van der Waals surface area contributed by atoms with Gasteiger partial charge in [-0.2, -0.15) is 0 Å². The third kappa shape index (κ3) is 2.87. The minimum Gasteiger partial charge on any atom is -0.330 e. The summed E-state index contributed by atoms with van der Waals surface area (Å²) in [5.41, 5.74) is 12.4. The van der Waals surface area contributed by atoms with E-state index in [4.69, 9.17) is 5.73 Å². The molecule has 0 aliphatic carbocycles. The maximum absolute atomic E-state index is 5.82. The van der Waals surface area contributed by atoms with Gasteiger partial charge in [0, 0.05) is 12.0 Å². The first-order chi connectivity index (χ1) is 8.94. The topological polar surface area (TPSA) is 26.0 Å². The molecule has 0 unspecified atom stereocenters. The Kier molecular flexibility index (Phi) is 3.77. The van der Waals surface area contributed by atoms with Gasteiger partial charge in [0.1, 0.15) is 0 Å². The molecule has 0 saturated carbocycles. The molecule has 1 nitrogen and oxygen atoms in total. The van der Waals surface area contributed by atoms with Crippen molar-refractivity contribution in [1.82, 2.24) is 0 Å². The Balaban J connectivity index is 2.35. The molecular formula is C18H23N. The Labute approximate surface area is 116 Å². The molecule has 0 amide bonds. The van der Waals surface area contributed by atoms with E-state index in [0.29, 0.717) is 6.54 Å². The predicted molar refractivity (Wildman–Crippen MR) is 83.4 cm³/mol. The number of benzene rings is 2. The van der Waals surface area contributed by atoms with Crippen molar-refractivity contribution < 1.29 is 0 Å². The summed E-state index contributed by atoms with van der Waals surface area (Å²) >= 11 is 0. The van der Waals surface area contributed by atoms with Gasteiger partial charge < -0.3 is 5.73 Å². The van der Waals surface area contributed by atoms with Crippen LogP contribution in [-0.2, 0) is 5.41 Å². The number of hydrogen-bond donors (Lipinski definition) is 1. The van der Waals surface area contributed by atoms with Crippen molar-refractivity contribution in [2.24, 2.45) is 5.73 Å². The third-order valence-corrected chi connectivity index (χ3v) is 4.02. The molecule has 2 rings (SSSR count). The van der Waals surface area contributed by atoms with Crippen LogP contribution in [0.25, 0.3) is 11.1 Å². The number of rotatable bonds is 3. The van der Waals surface area contributed by atoms with E-state index < -0.39 is 0 Å². The molecule has 1 heteroatoms. The van der Waals surface area contributed by atoms with E-state index in [-0.39, 0.29) is 5.41 Å². The zero-order valence-corrected chi connectivity index (χ0v) is 12.3. The van der Waals surface area contributed by atoms with Crippen LogP contribution in [0.15, 0.2) is 42.5 Å². The summed E-state index contributed by atoms with van der Waals surface area (Å²) in [7, 11) is 0. The maximum atomic E-state index is 5.82. The lowest BCUT2D eigenvalue weighted by Gasteiger charge is -2.23. The van der Waals surface area contributed by atoms with Gasteiger partial charge in [-0.1, -0.05) is 56.3 Å². The fraction of sp³-hybridized carbons (Fsp3) is 0.333. The fourth-order valence-electron chi connectivity index (χ4n) is 2.15. The molecule has 0 bridgehead atoms. The van der Waals surface area contributed by atoms with Gasteiger partial charge in [0.05, 0.1) is 0 Å². The highest BCUT2D eigenvalue weighted by atomic mass is 14.6. The molecular weight excluding hydrogens is 230 g/mol. The predicted octanol–water partition coefficient (Wildman–Crippen LogP) is 4.21. The second kappa shape index (κ2) is 5.18. The zero-order chi connectivity index (χ0) is 14.0. The van der Waals surface area contributed by atoms with Crippen LogP contribution in [0.5, 0.6) is 0 Å². The summed E-state index contributed by atoms with van der Waals surface area (Å²) in [6.07, 6.45) is 0. The highest BCUT2D eigenvalue weighted by Crippen LogP contribution is 2.26. The summed E-state index contributed by atoms with van der Waals surface area (Å²) < 4.78 is 0. The second-order valence-corrected chi connectivity index (χ2v) is 5.96. The molecule has 0 aromatic heterocycles. The molecule has 0 radical (unpaired) electrons. The Morgan fingerprint density at radius 2 is 1.42 bits per heavy atom. The smallest absolute Gasteiger partial charge is 0.00190 e. The van der Waals surface area contributed by atoms with Crippen LogP contribution in [0.4, 0.5) is 0 Å². The highest BCUT2D eigenvalue weighted by Gasteiger charge is 2.17.